The van der Waals surface area contributed by atoms with Gasteiger partial charge in [0.05, 0.1) is 25.0 Å². The maximum Gasteiger partial charge on any atom is 0.246 e. The molecule has 0 amide bonds. The lowest BCUT2D eigenvalue weighted by atomic mass is 10.2. The van der Waals surface area contributed by atoms with Gasteiger partial charge in [-0.15, -0.1) is 5.10 Å². The van der Waals surface area contributed by atoms with Crippen LogP contribution in [0.1, 0.15) is 17.7 Å². The fraction of sp³-hybridized carbons (Fsp3) is 0.357. The molecule has 0 saturated carbocycles. The largest absolute Gasteiger partial charge is 0.334 e. The van der Waals surface area contributed by atoms with Gasteiger partial charge in [-0.1, -0.05) is 40.6 Å². The van der Waals surface area contributed by atoms with Crippen molar-refractivity contribution in [3.63, 3.8) is 0 Å². The monoisotopic (exact) mass is 296 g/mol. The smallest absolute Gasteiger partial charge is 0.246 e. The number of benzene rings is 1. The average Bonchev–Trinajstić information content (AvgIpc) is 3.13. The van der Waals surface area contributed by atoms with E-state index in [1.54, 1.807) is 0 Å². The van der Waals surface area contributed by atoms with Crippen molar-refractivity contribution in [3.8, 4) is 0 Å². The molecule has 1 aliphatic heterocycles. The summed E-state index contributed by atoms with van der Waals surface area (Å²) in [7, 11) is 0. The summed E-state index contributed by atoms with van der Waals surface area (Å²) in [6.07, 6.45) is 2.80. The highest BCUT2D eigenvalue weighted by Gasteiger charge is 2.20. The summed E-state index contributed by atoms with van der Waals surface area (Å²) in [6.45, 7) is 3.17. The van der Waals surface area contributed by atoms with Crippen molar-refractivity contribution in [1.29, 1.82) is 0 Å². The SMILES string of the molecule is c1ccc(Cn2nnnc2N2CCCn3nncc3C2)cc1. The second-order valence-corrected chi connectivity index (χ2v) is 5.35. The summed E-state index contributed by atoms with van der Waals surface area (Å²) in [5, 5.41) is 20.3. The van der Waals surface area contributed by atoms with Crippen LogP contribution in [0.5, 0.6) is 0 Å². The molecule has 2 aromatic heterocycles. The molecule has 0 fully saturated rings. The molecular formula is C14H16N8. The van der Waals surface area contributed by atoms with E-state index in [4.69, 9.17) is 0 Å². The minimum atomic E-state index is 0.664. The molecule has 3 heterocycles. The number of hydrogen-bond acceptors (Lipinski definition) is 6. The van der Waals surface area contributed by atoms with Crippen LogP contribution in [0.2, 0.25) is 0 Å². The zero-order chi connectivity index (χ0) is 14.8. The lowest BCUT2D eigenvalue weighted by molar-refractivity contribution is 0.568. The number of fused-ring (bicyclic) bond motifs is 1. The molecule has 8 heteroatoms. The molecule has 0 unspecified atom stereocenters. The fourth-order valence-corrected chi connectivity index (χ4v) is 2.73. The quantitative estimate of drug-likeness (QED) is 0.709. The van der Waals surface area contributed by atoms with E-state index in [2.05, 4.69) is 42.9 Å². The Morgan fingerprint density at radius 2 is 1.95 bits per heavy atom. The highest BCUT2D eigenvalue weighted by Crippen LogP contribution is 2.17. The van der Waals surface area contributed by atoms with Gasteiger partial charge in [0.1, 0.15) is 0 Å². The number of aromatic nitrogens is 7. The molecule has 0 atom stereocenters. The predicted molar refractivity (Wildman–Crippen MR) is 79.1 cm³/mol. The van der Waals surface area contributed by atoms with E-state index < -0.39 is 0 Å². The van der Waals surface area contributed by atoms with Gasteiger partial charge in [0.15, 0.2) is 0 Å². The molecule has 0 N–H and O–H groups in total. The van der Waals surface area contributed by atoms with E-state index in [1.807, 2.05) is 33.8 Å². The van der Waals surface area contributed by atoms with E-state index in [1.165, 1.54) is 5.56 Å². The molecule has 0 saturated heterocycles. The third-order valence-electron chi connectivity index (χ3n) is 3.82. The molecule has 3 aromatic rings. The lowest BCUT2D eigenvalue weighted by Crippen LogP contribution is -2.26. The second-order valence-electron chi connectivity index (χ2n) is 5.35. The Morgan fingerprint density at radius 3 is 2.86 bits per heavy atom. The van der Waals surface area contributed by atoms with Crippen molar-refractivity contribution in [2.45, 2.75) is 26.1 Å². The zero-order valence-corrected chi connectivity index (χ0v) is 12.1. The van der Waals surface area contributed by atoms with Gasteiger partial charge in [0.25, 0.3) is 0 Å². The Kier molecular flexibility index (Phi) is 3.26. The minimum Gasteiger partial charge on any atom is -0.334 e. The van der Waals surface area contributed by atoms with E-state index in [9.17, 15) is 0 Å². The molecule has 112 valence electrons. The number of rotatable bonds is 3. The van der Waals surface area contributed by atoms with Crippen LogP contribution >= 0.6 is 0 Å². The standard InChI is InChI=1S/C14H16N8/c1-2-5-12(6-3-1)10-22-14(16-17-19-22)20-7-4-8-21-13(11-20)9-15-18-21/h1-3,5-6,9H,4,7-8,10-11H2. The lowest BCUT2D eigenvalue weighted by Gasteiger charge is -2.20. The van der Waals surface area contributed by atoms with Crippen LogP contribution in [0, 0.1) is 0 Å². The van der Waals surface area contributed by atoms with E-state index in [0.29, 0.717) is 6.54 Å². The topological polar surface area (TPSA) is 77.5 Å². The molecule has 8 nitrogen and oxygen atoms in total. The van der Waals surface area contributed by atoms with E-state index in [0.717, 1.165) is 37.7 Å². The number of hydrogen-bond donors (Lipinski definition) is 0. The first-order valence-electron chi connectivity index (χ1n) is 7.32. The number of anilines is 1. The normalized spacial score (nSPS) is 14.6. The summed E-state index contributed by atoms with van der Waals surface area (Å²) in [6, 6.07) is 10.2. The first kappa shape index (κ1) is 12.9. The van der Waals surface area contributed by atoms with Crippen LogP contribution in [-0.2, 0) is 19.6 Å². The highest BCUT2D eigenvalue weighted by molar-refractivity contribution is 5.31. The molecule has 0 spiro atoms. The minimum absolute atomic E-state index is 0.664. The van der Waals surface area contributed by atoms with Crippen LogP contribution in [-0.4, -0.2) is 41.7 Å². The molecular weight excluding hydrogens is 280 g/mol. The summed E-state index contributed by atoms with van der Waals surface area (Å²) in [5.41, 5.74) is 2.27. The van der Waals surface area contributed by atoms with Gasteiger partial charge < -0.3 is 4.90 Å². The van der Waals surface area contributed by atoms with Crippen molar-refractivity contribution >= 4 is 5.95 Å². The zero-order valence-electron chi connectivity index (χ0n) is 12.1. The van der Waals surface area contributed by atoms with Crippen LogP contribution in [0.4, 0.5) is 5.95 Å². The summed E-state index contributed by atoms with van der Waals surface area (Å²) < 4.78 is 3.79. The van der Waals surface area contributed by atoms with Crippen molar-refractivity contribution in [1.82, 2.24) is 35.2 Å². The maximum atomic E-state index is 4.21. The molecule has 1 aromatic carbocycles. The van der Waals surface area contributed by atoms with E-state index >= 15 is 0 Å². The first-order chi connectivity index (χ1) is 10.9. The molecule has 0 aliphatic carbocycles. The van der Waals surface area contributed by atoms with Gasteiger partial charge >= 0.3 is 0 Å². The summed E-state index contributed by atoms with van der Waals surface area (Å²) in [4.78, 5) is 2.19. The van der Waals surface area contributed by atoms with Gasteiger partial charge in [-0.05, 0) is 22.4 Å². The number of tetrazole rings is 1. The van der Waals surface area contributed by atoms with Crippen LogP contribution in [0.25, 0.3) is 0 Å². The Hall–Kier alpha value is -2.77. The van der Waals surface area contributed by atoms with Crippen molar-refractivity contribution in [3.05, 3.63) is 47.8 Å². The molecule has 22 heavy (non-hydrogen) atoms. The third-order valence-corrected chi connectivity index (χ3v) is 3.82. The van der Waals surface area contributed by atoms with Crippen molar-refractivity contribution in [2.75, 3.05) is 11.4 Å². The maximum absolute atomic E-state index is 4.21. The first-order valence-corrected chi connectivity index (χ1v) is 7.32. The van der Waals surface area contributed by atoms with Crippen molar-refractivity contribution < 1.29 is 0 Å². The predicted octanol–water partition coefficient (Wildman–Crippen LogP) is 0.723. The molecule has 0 bridgehead atoms. The van der Waals surface area contributed by atoms with Crippen LogP contribution in [0.3, 0.4) is 0 Å². The van der Waals surface area contributed by atoms with Crippen LogP contribution < -0.4 is 4.90 Å². The summed E-state index contributed by atoms with van der Waals surface area (Å²) >= 11 is 0. The number of nitrogens with zero attached hydrogens (tertiary/aromatic N) is 8. The average molecular weight is 296 g/mol. The van der Waals surface area contributed by atoms with Gasteiger partial charge in [-0.2, -0.15) is 0 Å². The Balaban J connectivity index is 1.60. The third kappa shape index (κ3) is 2.43. The summed E-state index contributed by atoms with van der Waals surface area (Å²) in [5.74, 6) is 0.790. The molecule has 0 radical (unpaired) electrons. The number of aryl methyl sites for hydroxylation is 1. The van der Waals surface area contributed by atoms with Gasteiger partial charge in [0, 0.05) is 13.1 Å². The Bertz CT molecular complexity index is 747. The highest BCUT2D eigenvalue weighted by atomic mass is 15.6. The van der Waals surface area contributed by atoms with E-state index in [-0.39, 0.29) is 0 Å². The van der Waals surface area contributed by atoms with Gasteiger partial charge in [-0.25, -0.2) is 9.36 Å². The Morgan fingerprint density at radius 1 is 1.05 bits per heavy atom. The fourth-order valence-electron chi connectivity index (χ4n) is 2.73. The molecule has 1 aliphatic rings. The molecule has 4 rings (SSSR count). The van der Waals surface area contributed by atoms with Crippen LogP contribution in [0.15, 0.2) is 36.5 Å². The Labute approximate surface area is 127 Å². The second kappa shape index (κ2) is 5.55. The van der Waals surface area contributed by atoms with Gasteiger partial charge in [-0.3, -0.25) is 0 Å². The van der Waals surface area contributed by atoms with Gasteiger partial charge in [0.2, 0.25) is 5.95 Å². The van der Waals surface area contributed by atoms with Crippen molar-refractivity contribution in [2.24, 2.45) is 0 Å².